The van der Waals surface area contributed by atoms with E-state index in [9.17, 15) is 13.2 Å². The highest BCUT2D eigenvalue weighted by molar-refractivity contribution is 7.94. The van der Waals surface area contributed by atoms with Gasteiger partial charge in [0.2, 0.25) is 0 Å². The Kier molecular flexibility index (Phi) is 3.65. The molecule has 1 aliphatic heterocycles. The van der Waals surface area contributed by atoms with E-state index in [1.165, 1.54) is 12.1 Å². The lowest BCUT2D eigenvalue weighted by Crippen LogP contribution is -2.35. The monoisotopic (exact) mass is 350 g/mol. The number of carbonyl (C=O) groups is 1. The summed E-state index contributed by atoms with van der Waals surface area (Å²) >= 11 is 1.13. The van der Waals surface area contributed by atoms with Crippen LogP contribution in [0.5, 0.6) is 0 Å². The predicted octanol–water partition coefficient (Wildman–Crippen LogP) is 3.51. The molecule has 3 rings (SSSR count). The van der Waals surface area contributed by atoms with Gasteiger partial charge in [-0.15, -0.1) is 11.3 Å². The van der Waals surface area contributed by atoms with Crippen molar-refractivity contribution in [1.82, 2.24) is 0 Å². The average Bonchev–Trinajstić information content (AvgIpc) is 3.03. The third-order valence-electron chi connectivity index (χ3n) is 3.50. The molecule has 0 aliphatic carbocycles. The largest absolute Gasteiger partial charge is 0.434 e. The lowest BCUT2D eigenvalue weighted by Gasteiger charge is -2.33. The Morgan fingerprint density at radius 1 is 1.39 bits per heavy atom. The molecule has 2 N–H and O–H groups in total. The Morgan fingerprint density at radius 3 is 2.83 bits per heavy atom. The number of cyclic esters (lactones) is 1. The number of fused-ring (bicyclic) bond motifs is 1. The molecule has 2 heterocycles. The molecule has 120 valence electrons. The highest BCUT2D eigenvalue weighted by Gasteiger charge is 2.35. The summed E-state index contributed by atoms with van der Waals surface area (Å²) in [6.07, 6.45) is 0.925. The lowest BCUT2D eigenvalue weighted by atomic mass is 9.92. The Balaban J connectivity index is 2.00. The van der Waals surface area contributed by atoms with Gasteiger partial charge in [0.1, 0.15) is 4.21 Å². The number of amides is 1. The van der Waals surface area contributed by atoms with Gasteiger partial charge < -0.3 is 4.74 Å². The van der Waals surface area contributed by atoms with Crippen molar-refractivity contribution in [3.8, 4) is 0 Å². The van der Waals surface area contributed by atoms with Crippen molar-refractivity contribution in [3.63, 3.8) is 0 Å². The van der Waals surface area contributed by atoms with Gasteiger partial charge in [0.15, 0.2) is 5.60 Å². The summed E-state index contributed by atoms with van der Waals surface area (Å²) in [5.74, 6) is 0. The van der Waals surface area contributed by atoms with Gasteiger partial charge in [-0.05, 0) is 42.6 Å². The molecule has 1 amide bonds. The highest BCUT2D eigenvalue weighted by atomic mass is 32.2. The van der Waals surface area contributed by atoms with Crippen LogP contribution in [-0.4, -0.2) is 14.5 Å². The summed E-state index contributed by atoms with van der Waals surface area (Å²) in [5.41, 5.74) is 0.536. The Bertz CT molecular complexity index is 875. The number of carbonyl (C=O) groups excluding carboxylic acids is 1. The van der Waals surface area contributed by atoms with Gasteiger partial charge in [-0.3, -0.25) is 10.0 Å². The summed E-state index contributed by atoms with van der Waals surface area (Å²) in [6, 6.07) is 8.04. The quantitative estimate of drug-likeness (QED) is 0.827. The van der Waals surface area contributed by atoms with Gasteiger partial charge in [-0.25, -0.2) is 13.2 Å². The number of hydrogen-bond acceptors (Lipinski definition) is 5. The van der Waals surface area contributed by atoms with Crippen molar-refractivity contribution < 1.29 is 17.9 Å². The van der Waals surface area contributed by atoms with Gasteiger partial charge in [0.05, 0.1) is 5.69 Å². The third kappa shape index (κ3) is 2.82. The first-order valence-electron chi connectivity index (χ1n) is 6.68. The molecule has 0 bridgehead atoms. The second kappa shape index (κ2) is 5.39. The standard InChI is InChI=1S/C15H14N2O4S2/c1-3-15(2)11-9-10(6-7-12(11)16-14(18)21-15)17-23(19,20)13-5-4-8-22-13/h3-9,17H,1H2,2H3,(H,16,18). The van der Waals surface area contributed by atoms with Crippen LogP contribution in [0.3, 0.4) is 0 Å². The molecular formula is C15H14N2O4S2. The van der Waals surface area contributed by atoms with E-state index in [2.05, 4.69) is 16.6 Å². The van der Waals surface area contributed by atoms with E-state index in [-0.39, 0.29) is 4.21 Å². The van der Waals surface area contributed by atoms with Crippen molar-refractivity contribution >= 4 is 38.8 Å². The summed E-state index contributed by atoms with van der Waals surface area (Å²) in [4.78, 5) is 11.6. The molecule has 0 fully saturated rings. The number of thiophene rings is 1. The smallest absolute Gasteiger partial charge is 0.412 e. The lowest BCUT2D eigenvalue weighted by molar-refractivity contribution is 0.0647. The molecule has 1 aliphatic rings. The number of benzene rings is 1. The van der Waals surface area contributed by atoms with Crippen LogP contribution < -0.4 is 10.0 Å². The second-order valence-electron chi connectivity index (χ2n) is 5.12. The van der Waals surface area contributed by atoms with Gasteiger partial charge in [-0.1, -0.05) is 12.6 Å². The number of ether oxygens (including phenoxy) is 1. The van der Waals surface area contributed by atoms with Gasteiger partial charge >= 0.3 is 6.09 Å². The molecule has 0 saturated carbocycles. The van der Waals surface area contributed by atoms with Crippen LogP contribution in [0.2, 0.25) is 0 Å². The van der Waals surface area contributed by atoms with E-state index >= 15 is 0 Å². The topological polar surface area (TPSA) is 84.5 Å². The Labute approximate surface area is 137 Å². The minimum absolute atomic E-state index is 0.228. The fourth-order valence-corrected chi connectivity index (χ4v) is 4.33. The molecule has 1 atom stereocenters. The molecule has 0 spiro atoms. The Hall–Kier alpha value is -2.32. The first kappa shape index (κ1) is 15.6. The minimum atomic E-state index is -3.64. The summed E-state index contributed by atoms with van der Waals surface area (Å²) in [6.45, 7) is 5.38. The van der Waals surface area contributed by atoms with Crippen LogP contribution in [0, 0.1) is 0 Å². The summed E-state index contributed by atoms with van der Waals surface area (Å²) < 4.78 is 32.6. The van der Waals surface area contributed by atoms with Crippen LogP contribution in [0.4, 0.5) is 16.2 Å². The summed E-state index contributed by atoms with van der Waals surface area (Å²) in [7, 11) is -3.64. The molecular weight excluding hydrogens is 336 g/mol. The van der Waals surface area contributed by atoms with Gasteiger partial charge in [0.25, 0.3) is 10.0 Å². The fraction of sp³-hybridized carbons (Fsp3) is 0.133. The molecule has 1 aromatic heterocycles. The van der Waals surface area contributed by atoms with Crippen LogP contribution in [-0.2, 0) is 20.4 Å². The molecule has 8 heteroatoms. The normalized spacial score (nSPS) is 20.1. The van der Waals surface area contributed by atoms with E-state index in [0.29, 0.717) is 16.9 Å². The summed E-state index contributed by atoms with van der Waals surface area (Å²) in [5, 5.41) is 4.28. The van der Waals surface area contributed by atoms with E-state index in [1.807, 2.05) is 0 Å². The predicted molar refractivity (Wildman–Crippen MR) is 89.2 cm³/mol. The highest BCUT2D eigenvalue weighted by Crippen LogP contribution is 2.38. The third-order valence-corrected chi connectivity index (χ3v) is 6.28. The van der Waals surface area contributed by atoms with Crippen LogP contribution in [0.15, 0.2) is 52.6 Å². The first-order chi connectivity index (χ1) is 10.8. The second-order valence-corrected chi connectivity index (χ2v) is 7.98. The van der Waals surface area contributed by atoms with Crippen LogP contribution in [0.25, 0.3) is 0 Å². The van der Waals surface area contributed by atoms with Crippen molar-refractivity contribution in [2.24, 2.45) is 0 Å². The maximum atomic E-state index is 12.3. The van der Waals surface area contributed by atoms with Crippen molar-refractivity contribution in [1.29, 1.82) is 0 Å². The molecule has 23 heavy (non-hydrogen) atoms. The fourth-order valence-electron chi connectivity index (χ4n) is 2.28. The van der Waals surface area contributed by atoms with Gasteiger partial charge in [0, 0.05) is 11.3 Å². The maximum absolute atomic E-state index is 12.3. The maximum Gasteiger partial charge on any atom is 0.412 e. The Morgan fingerprint density at radius 2 is 2.17 bits per heavy atom. The van der Waals surface area contributed by atoms with E-state index in [1.54, 1.807) is 36.6 Å². The zero-order chi connectivity index (χ0) is 16.7. The minimum Gasteiger partial charge on any atom is -0.434 e. The molecule has 0 saturated heterocycles. The van der Waals surface area contributed by atoms with Crippen LogP contribution >= 0.6 is 11.3 Å². The van der Waals surface area contributed by atoms with Gasteiger partial charge in [-0.2, -0.15) is 0 Å². The zero-order valence-electron chi connectivity index (χ0n) is 12.2. The molecule has 6 nitrogen and oxygen atoms in total. The zero-order valence-corrected chi connectivity index (χ0v) is 13.8. The molecule has 2 aromatic rings. The number of sulfonamides is 1. The van der Waals surface area contributed by atoms with Crippen LogP contribution in [0.1, 0.15) is 12.5 Å². The van der Waals surface area contributed by atoms with E-state index in [0.717, 1.165) is 11.3 Å². The number of hydrogen-bond donors (Lipinski definition) is 2. The average molecular weight is 350 g/mol. The number of nitrogens with one attached hydrogen (secondary N) is 2. The van der Waals surface area contributed by atoms with E-state index in [4.69, 9.17) is 4.74 Å². The SMILES string of the molecule is C=CC1(C)OC(=O)Nc2ccc(NS(=O)(=O)c3cccs3)cc21. The van der Waals surface area contributed by atoms with Crippen molar-refractivity contribution in [2.75, 3.05) is 10.0 Å². The number of anilines is 2. The first-order valence-corrected chi connectivity index (χ1v) is 9.05. The van der Waals surface area contributed by atoms with Crippen molar-refractivity contribution in [3.05, 3.63) is 53.9 Å². The number of rotatable bonds is 4. The molecule has 1 unspecified atom stereocenters. The molecule has 1 aromatic carbocycles. The van der Waals surface area contributed by atoms with E-state index < -0.39 is 21.7 Å². The molecule has 0 radical (unpaired) electrons. The van der Waals surface area contributed by atoms with Crippen molar-refractivity contribution in [2.45, 2.75) is 16.7 Å².